The third-order valence-electron chi connectivity index (χ3n) is 1.33. The Morgan fingerprint density at radius 2 is 1.92 bits per heavy atom. The molecule has 0 amide bonds. The van der Waals surface area contributed by atoms with Crippen LogP contribution in [0.3, 0.4) is 0 Å². The number of sulfone groups is 1. The quantitative estimate of drug-likeness (QED) is 0.711. The molecular formula is C6H11FO4S. The Morgan fingerprint density at radius 3 is 2.17 bits per heavy atom. The van der Waals surface area contributed by atoms with Gasteiger partial charge in [0.2, 0.25) is 0 Å². The number of hydrogen-bond donors (Lipinski definition) is 1. The fourth-order valence-corrected chi connectivity index (χ4v) is 1.95. The predicted octanol–water partition coefficient (Wildman–Crippen LogP) is 0.439. The molecule has 0 aliphatic rings. The minimum atomic E-state index is -3.87. The summed E-state index contributed by atoms with van der Waals surface area (Å²) in [5.74, 6) is -1.93. The normalized spacial score (nSPS) is 12.9. The summed E-state index contributed by atoms with van der Waals surface area (Å²) in [5, 5.41) is 8.51. The van der Waals surface area contributed by atoms with Gasteiger partial charge in [0, 0.05) is 0 Å². The molecule has 0 heterocycles. The third-order valence-corrected chi connectivity index (χ3v) is 2.82. The number of alkyl halides is 1. The molecule has 12 heavy (non-hydrogen) atoms. The van der Waals surface area contributed by atoms with E-state index in [-0.39, 0.29) is 0 Å². The summed E-state index contributed by atoms with van der Waals surface area (Å²) in [6, 6.07) is -1.51. The highest BCUT2D eigenvalue weighted by Crippen LogP contribution is 2.18. The van der Waals surface area contributed by atoms with Crippen molar-refractivity contribution in [3.05, 3.63) is 0 Å². The highest BCUT2D eigenvalue weighted by molar-refractivity contribution is 7.91. The Balaban J connectivity index is 4.57. The Morgan fingerprint density at radius 1 is 1.50 bits per heavy atom. The molecular weight excluding hydrogens is 187 g/mol. The fourth-order valence-electron chi connectivity index (χ4n) is 0.650. The third kappa shape index (κ3) is 3.17. The molecule has 0 atom stereocenters. The minimum absolute atomic E-state index is 0.675. The number of hydrogen-bond acceptors (Lipinski definition) is 3. The monoisotopic (exact) mass is 198 g/mol. The van der Waals surface area contributed by atoms with E-state index in [0.717, 1.165) is 0 Å². The lowest BCUT2D eigenvalue weighted by Gasteiger charge is -2.17. The molecule has 0 bridgehead atoms. The second-order valence-electron chi connectivity index (χ2n) is 3.19. The summed E-state index contributed by atoms with van der Waals surface area (Å²) in [6.45, 7) is 2.48. The number of carbonyl (C=O) groups is 1. The first kappa shape index (κ1) is 11.4. The summed E-state index contributed by atoms with van der Waals surface area (Å²) < 4.78 is 33.1. The molecule has 0 fully saturated rings. The van der Waals surface area contributed by atoms with Crippen LogP contribution in [0.5, 0.6) is 0 Å². The van der Waals surface area contributed by atoms with Crippen LogP contribution in [0.2, 0.25) is 0 Å². The SMILES string of the molecule is CC(C)(CS(=O)(=O)CF)C(=O)O. The highest BCUT2D eigenvalue weighted by Gasteiger charge is 2.33. The largest absolute Gasteiger partial charge is 0.481 e. The number of halogens is 1. The lowest BCUT2D eigenvalue weighted by atomic mass is 9.97. The molecule has 0 spiro atoms. The highest BCUT2D eigenvalue weighted by atomic mass is 32.2. The van der Waals surface area contributed by atoms with Gasteiger partial charge < -0.3 is 5.11 Å². The molecule has 0 aromatic rings. The van der Waals surface area contributed by atoms with E-state index < -0.39 is 33.0 Å². The molecule has 72 valence electrons. The second-order valence-corrected chi connectivity index (χ2v) is 5.18. The van der Waals surface area contributed by atoms with Gasteiger partial charge in [0.1, 0.15) is 0 Å². The standard InChI is InChI=1S/C6H11FO4S/c1-6(2,5(8)9)3-12(10,11)4-7/h3-4H2,1-2H3,(H,8,9). The van der Waals surface area contributed by atoms with Crippen LogP contribution >= 0.6 is 0 Å². The fraction of sp³-hybridized carbons (Fsp3) is 0.833. The number of aliphatic carboxylic acids is 1. The van der Waals surface area contributed by atoms with Gasteiger partial charge in [0.15, 0.2) is 15.8 Å². The van der Waals surface area contributed by atoms with Gasteiger partial charge in [-0.05, 0) is 13.8 Å². The lowest BCUT2D eigenvalue weighted by molar-refractivity contribution is -0.145. The molecule has 0 aromatic heterocycles. The van der Waals surface area contributed by atoms with Crippen molar-refractivity contribution in [3.8, 4) is 0 Å². The van der Waals surface area contributed by atoms with Gasteiger partial charge in [-0.1, -0.05) is 0 Å². The average molecular weight is 198 g/mol. The Labute approximate surface area is 70.3 Å². The van der Waals surface area contributed by atoms with Crippen LogP contribution in [0, 0.1) is 5.41 Å². The first-order chi connectivity index (χ1) is 5.21. The van der Waals surface area contributed by atoms with Gasteiger partial charge in [-0.3, -0.25) is 4.79 Å². The molecule has 0 rings (SSSR count). The summed E-state index contributed by atoms with van der Waals surface area (Å²) in [6.07, 6.45) is 0. The van der Waals surface area contributed by atoms with Crippen LogP contribution in [0.15, 0.2) is 0 Å². The molecule has 6 heteroatoms. The van der Waals surface area contributed by atoms with E-state index in [0.29, 0.717) is 0 Å². The summed E-state index contributed by atoms with van der Waals surface area (Å²) in [4.78, 5) is 10.4. The van der Waals surface area contributed by atoms with Crippen molar-refractivity contribution >= 4 is 15.8 Å². The number of rotatable bonds is 4. The van der Waals surface area contributed by atoms with Crippen LogP contribution < -0.4 is 0 Å². The first-order valence-electron chi connectivity index (χ1n) is 3.21. The van der Waals surface area contributed by atoms with Crippen LogP contribution in [-0.4, -0.2) is 31.3 Å². The van der Waals surface area contributed by atoms with Crippen LogP contribution in [-0.2, 0) is 14.6 Å². The van der Waals surface area contributed by atoms with Crippen LogP contribution in [0.4, 0.5) is 4.39 Å². The van der Waals surface area contributed by atoms with Crippen molar-refractivity contribution in [1.29, 1.82) is 0 Å². The zero-order valence-corrected chi connectivity index (χ0v) is 7.69. The van der Waals surface area contributed by atoms with E-state index in [9.17, 15) is 17.6 Å². The Hall–Kier alpha value is -0.650. The van der Waals surface area contributed by atoms with E-state index in [1.807, 2.05) is 0 Å². The van der Waals surface area contributed by atoms with Crippen LogP contribution in [0.25, 0.3) is 0 Å². The van der Waals surface area contributed by atoms with Crippen molar-refractivity contribution in [1.82, 2.24) is 0 Å². The maximum absolute atomic E-state index is 11.8. The molecule has 1 N–H and O–H groups in total. The van der Waals surface area contributed by atoms with Gasteiger partial charge in [-0.2, -0.15) is 0 Å². The maximum Gasteiger partial charge on any atom is 0.310 e. The van der Waals surface area contributed by atoms with E-state index in [2.05, 4.69) is 0 Å². The zero-order valence-electron chi connectivity index (χ0n) is 6.87. The molecule has 0 saturated heterocycles. The number of carboxylic acids is 1. The zero-order chi connectivity index (χ0) is 9.99. The van der Waals surface area contributed by atoms with E-state index in [1.165, 1.54) is 13.8 Å². The summed E-state index contributed by atoms with van der Waals surface area (Å²) in [5.41, 5.74) is -1.43. The van der Waals surface area contributed by atoms with Crippen molar-refractivity contribution in [2.45, 2.75) is 13.8 Å². The van der Waals surface area contributed by atoms with Gasteiger partial charge in [0.05, 0.1) is 11.2 Å². The molecule has 0 aliphatic carbocycles. The van der Waals surface area contributed by atoms with Gasteiger partial charge in [-0.15, -0.1) is 0 Å². The van der Waals surface area contributed by atoms with E-state index in [1.54, 1.807) is 0 Å². The molecule has 4 nitrogen and oxygen atoms in total. The van der Waals surface area contributed by atoms with Crippen molar-refractivity contribution < 1.29 is 22.7 Å². The van der Waals surface area contributed by atoms with E-state index >= 15 is 0 Å². The summed E-state index contributed by atoms with van der Waals surface area (Å²) in [7, 11) is -3.87. The topological polar surface area (TPSA) is 71.4 Å². The summed E-state index contributed by atoms with van der Waals surface area (Å²) >= 11 is 0. The Bertz CT molecular complexity index is 267. The minimum Gasteiger partial charge on any atom is -0.481 e. The smallest absolute Gasteiger partial charge is 0.310 e. The van der Waals surface area contributed by atoms with Crippen molar-refractivity contribution in [2.75, 3.05) is 11.8 Å². The van der Waals surface area contributed by atoms with Crippen molar-refractivity contribution in [2.24, 2.45) is 5.41 Å². The van der Waals surface area contributed by atoms with Gasteiger partial charge >= 0.3 is 5.97 Å². The second kappa shape index (κ2) is 3.38. The van der Waals surface area contributed by atoms with E-state index in [4.69, 9.17) is 5.11 Å². The average Bonchev–Trinajstić information content (AvgIpc) is 1.85. The molecule has 0 saturated carbocycles. The molecule has 0 unspecified atom stereocenters. The Kier molecular flexibility index (Phi) is 3.20. The van der Waals surface area contributed by atoms with Gasteiger partial charge in [-0.25, -0.2) is 12.8 Å². The predicted molar refractivity (Wildman–Crippen MR) is 41.2 cm³/mol. The number of carboxylic acid groups (broad SMARTS) is 1. The molecule has 0 aliphatic heterocycles. The van der Waals surface area contributed by atoms with Gasteiger partial charge in [0.25, 0.3) is 0 Å². The first-order valence-corrected chi connectivity index (χ1v) is 5.03. The molecule has 0 aromatic carbocycles. The van der Waals surface area contributed by atoms with Crippen LogP contribution in [0.1, 0.15) is 13.8 Å². The lowest BCUT2D eigenvalue weighted by Crippen LogP contribution is -2.32. The maximum atomic E-state index is 11.8. The van der Waals surface area contributed by atoms with Crippen molar-refractivity contribution in [3.63, 3.8) is 0 Å². The molecule has 0 radical (unpaired) electrons.